The predicted molar refractivity (Wildman–Crippen MR) is 80.3 cm³/mol. The Bertz CT molecular complexity index is 471. The van der Waals surface area contributed by atoms with E-state index in [0.29, 0.717) is 11.7 Å². The monoisotopic (exact) mass is 294 g/mol. The predicted octanol–water partition coefficient (Wildman–Crippen LogP) is 2.91. The molecule has 0 fully saturated rings. The molecule has 6 heteroatoms. The van der Waals surface area contributed by atoms with Gasteiger partial charge in [-0.15, -0.1) is 0 Å². The molecular formula is C15H22N2O4. The molecule has 1 amide bonds. The maximum absolute atomic E-state index is 11.7. The highest BCUT2D eigenvalue weighted by atomic mass is 16.6. The number of benzene rings is 1. The Kier molecular flexibility index (Phi) is 6.65. The summed E-state index contributed by atoms with van der Waals surface area (Å²) in [7, 11) is 0. The first-order valence-corrected chi connectivity index (χ1v) is 7.05. The maximum atomic E-state index is 11.7. The van der Waals surface area contributed by atoms with Crippen LogP contribution in [-0.4, -0.2) is 23.5 Å². The number of carbonyl (C=O) groups excluding carboxylic acids is 1. The van der Waals surface area contributed by atoms with Crippen LogP contribution in [0.15, 0.2) is 24.3 Å². The summed E-state index contributed by atoms with van der Waals surface area (Å²) < 4.78 is 5.29. The van der Waals surface area contributed by atoms with E-state index in [2.05, 4.69) is 19.2 Å². The molecule has 0 aliphatic heterocycles. The van der Waals surface area contributed by atoms with Gasteiger partial charge in [0.25, 0.3) is 11.6 Å². The van der Waals surface area contributed by atoms with Crippen LogP contribution in [0.1, 0.15) is 33.6 Å². The van der Waals surface area contributed by atoms with Crippen molar-refractivity contribution in [3.63, 3.8) is 0 Å². The highest BCUT2D eigenvalue weighted by Gasteiger charge is 2.09. The molecule has 116 valence electrons. The number of amides is 1. The first-order chi connectivity index (χ1) is 9.88. The van der Waals surface area contributed by atoms with Gasteiger partial charge >= 0.3 is 0 Å². The molecule has 0 aromatic heterocycles. The quantitative estimate of drug-likeness (QED) is 0.590. The van der Waals surface area contributed by atoms with Gasteiger partial charge in [0, 0.05) is 18.2 Å². The first kappa shape index (κ1) is 16.9. The summed E-state index contributed by atoms with van der Waals surface area (Å²) in [5, 5.41) is 13.4. The number of rotatable bonds is 8. The second-order valence-corrected chi connectivity index (χ2v) is 5.48. The van der Waals surface area contributed by atoms with Gasteiger partial charge in [-0.3, -0.25) is 14.9 Å². The smallest absolute Gasteiger partial charge is 0.269 e. The molecular weight excluding hydrogens is 272 g/mol. The molecule has 0 aliphatic rings. The number of ether oxygens (including phenoxy) is 1. The minimum Gasteiger partial charge on any atom is -0.484 e. The lowest BCUT2D eigenvalue weighted by atomic mass is 10.0. The van der Waals surface area contributed by atoms with Crippen molar-refractivity contribution in [2.75, 3.05) is 6.61 Å². The minimum atomic E-state index is -0.479. The molecule has 1 atom stereocenters. The summed E-state index contributed by atoms with van der Waals surface area (Å²) in [5.74, 6) is 0.857. The Labute approximate surface area is 124 Å². The van der Waals surface area contributed by atoms with E-state index in [9.17, 15) is 14.9 Å². The van der Waals surface area contributed by atoms with Gasteiger partial charge in [0.05, 0.1) is 4.92 Å². The second-order valence-electron chi connectivity index (χ2n) is 5.48. The van der Waals surface area contributed by atoms with Gasteiger partial charge in [-0.1, -0.05) is 13.8 Å². The lowest BCUT2D eigenvalue weighted by molar-refractivity contribution is -0.384. The molecule has 0 spiro atoms. The number of nitrogens with one attached hydrogen (secondary N) is 1. The molecule has 1 aromatic rings. The molecule has 0 radical (unpaired) electrons. The Morgan fingerprint density at radius 3 is 2.38 bits per heavy atom. The molecule has 0 saturated carbocycles. The van der Waals surface area contributed by atoms with Crippen molar-refractivity contribution in [3.05, 3.63) is 34.4 Å². The van der Waals surface area contributed by atoms with Gasteiger partial charge in [0.15, 0.2) is 6.61 Å². The van der Waals surface area contributed by atoms with E-state index in [1.807, 2.05) is 6.92 Å². The number of nitro benzene ring substituents is 1. The molecule has 0 heterocycles. The summed E-state index contributed by atoms with van der Waals surface area (Å²) in [6, 6.07) is 5.76. The molecule has 0 saturated heterocycles. The molecule has 1 aromatic carbocycles. The fourth-order valence-electron chi connectivity index (χ4n) is 1.78. The SMILES string of the molecule is CC(C)CCC(C)NC(=O)COc1ccc([N+](=O)[O-])cc1. The third kappa shape index (κ3) is 6.74. The van der Waals surface area contributed by atoms with Crippen molar-refractivity contribution in [1.82, 2.24) is 5.32 Å². The standard InChI is InChI=1S/C15H22N2O4/c1-11(2)4-5-12(3)16-15(18)10-21-14-8-6-13(7-9-14)17(19)20/h6-9,11-12H,4-5,10H2,1-3H3,(H,16,18). The van der Waals surface area contributed by atoms with Crippen molar-refractivity contribution in [3.8, 4) is 5.75 Å². The van der Waals surface area contributed by atoms with Gasteiger partial charge < -0.3 is 10.1 Å². The zero-order valence-corrected chi connectivity index (χ0v) is 12.7. The van der Waals surface area contributed by atoms with Gasteiger partial charge in [-0.05, 0) is 37.8 Å². The Hall–Kier alpha value is -2.11. The van der Waals surface area contributed by atoms with Crippen LogP contribution >= 0.6 is 0 Å². The van der Waals surface area contributed by atoms with E-state index in [4.69, 9.17) is 4.74 Å². The third-order valence-electron chi connectivity index (χ3n) is 3.00. The lowest BCUT2D eigenvalue weighted by Gasteiger charge is -2.15. The lowest BCUT2D eigenvalue weighted by Crippen LogP contribution is -2.36. The molecule has 0 aliphatic carbocycles. The number of carbonyl (C=O) groups is 1. The van der Waals surface area contributed by atoms with E-state index in [1.165, 1.54) is 24.3 Å². The summed E-state index contributed by atoms with van der Waals surface area (Å²) >= 11 is 0. The van der Waals surface area contributed by atoms with Crippen molar-refractivity contribution < 1.29 is 14.5 Å². The van der Waals surface area contributed by atoms with Gasteiger partial charge in [0.2, 0.25) is 0 Å². The molecule has 0 bridgehead atoms. The molecule has 1 unspecified atom stereocenters. The average molecular weight is 294 g/mol. The largest absolute Gasteiger partial charge is 0.484 e. The van der Waals surface area contributed by atoms with Gasteiger partial charge in [-0.25, -0.2) is 0 Å². The fourth-order valence-corrected chi connectivity index (χ4v) is 1.78. The molecule has 21 heavy (non-hydrogen) atoms. The van der Waals surface area contributed by atoms with Crippen LogP contribution in [0.25, 0.3) is 0 Å². The maximum Gasteiger partial charge on any atom is 0.269 e. The van der Waals surface area contributed by atoms with Crippen LogP contribution in [0.2, 0.25) is 0 Å². The second kappa shape index (κ2) is 8.24. The van der Waals surface area contributed by atoms with Crippen LogP contribution in [0.4, 0.5) is 5.69 Å². The van der Waals surface area contributed by atoms with Crippen LogP contribution in [0.5, 0.6) is 5.75 Å². The van der Waals surface area contributed by atoms with E-state index in [0.717, 1.165) is 12.8 Å². The third-order valence-corrected chi connectivity index (χ3v) is 3.00. The Morgan fingerprint density at radius 2 is 1.86 bits per heavy atom. The average Bonchev–Trinajstić information content (AvgIpc) is 2.43. The minimum absolute atomic E-state index is 0.00545. The van der Waals surface area contributed by atoms with E-state index < -0.39 is 4.92 Å². The Balaban J connectivity index is 2.34. The van der Waals surface area contributed by atoms with Crippen molar-refractivity contribution in [2.45, 2.75) is 39.7 Å². The van der Waals surface area contributed by atoms with Crippen molar-refractivity contribution in [2.24, 2.45) is 5.92 Å². The van der Waals surface area contributed by atoms with E-state index in [-0.39, 0.29) is 24.2 Å². The molecule has 6 nitrogen and oxygen atoms in total. The topological polar surface area (TPSA) is 81.5 Å². The fraction of sp³-hybridized carbons (Fsp3) is 0.533. The zero-order chi connectivity index (χ0) is 15.8. The summed E-state index contributed by atoms with van der Waals surface area (Å²) in [6.07, 6.45) is 1.99. The summed E-state index contributed by atoms with van der Waals surface area (Å²) in [5.41, 5.74) is -0.00545. The van der Waals surface area contributed by atoms with Crippen LogP contribution in [-0.2, 0) is 4.79 Å². The summed E-state index contributed by atoms with van der Waals surface area (Å²) in [4.78, 5) is 21.7. The molecule has 1 N–H and O–H groups in total. The van der Waals surface area contributed by atoms with Crippen LogP contribution in [0, 0.1) is 16.0 Å². The van der Waals surface area contributed by atoms with Crippen molar-refractivity contribution >= 4 is 11.6 Å². The van der Waals surface area contributed by atoms with Crippen molar-refractivity contribution in [1.29, 1.82) is 0 Å². The number of hydrogen-bond acceptors (Lipinski definition) is 4. The number of nitrogens with zero attached hydrogens (tertiary/aromatic N) is 1. The van der Waals surface area contributed by atoms with E-state index >= 15 is 0 Å². The van der Waals surface area contributed by atoms with Gasteiger partial charge in [0.1, 0.15) is 5.75 Å². The van der Waals surface area contributed by atoms with Crippen LogP contribution in [0.3, 0.4) is 0 Å². The Morgan fingerprint density at radius 1 is 1.24 bits per heavy atom. The van der Waals surface area contributed by atoms with Crippen LogP contribution < -0.4 is 10.1 Å². The molecule has 1 rings (SSSR count). The van der Waals surface area contributed by atoms with E-state index in [1.54, 1.807) is 0 Å². The first-order valence-electron chi connectivity index (χ1n) is 7.05. The number of hydrogen-bond donors (Lipinski definition) is 1. The number of non-ortho nitro benzene ring substituents is 1. The normalized spacial score (nSPS) is 12.0. The summed E-state index contributed by atoms with van der Waals surface area (Å²) in [6.45, 7) is 6.16. The number of nitro groups is 1. The zero-order valence-electron chi connectivity index (χ0n) is 12.7. The highest BCUT2D eigenvalue weighted by molar-refractivity contribution is 5.77. The van der Waals surface area contributed by atoms with Gasteiger partial charge in [-0.2, -0.15) is 0 Å². The highest BCUT2D eigenvalue weighted by Crippen LogP contribution is 2.17.